The molecule has 1 saturated carbocycles. The molecule has 0 spiro atoms. The Bertz CT molecular complexity index is 1320. The highest BCUT2D eigenvalue weighted by Crippen LogP contribution is 2.39. The van der Waals surface area contributed by atoms with Gasteiger partial charge >= 0.3 is 6.03 Å². The van der Waals surface area contributed by atoms with Crippen molar-refractivity contribution in [3.63, 3.8) is 0 Å². The summed E-state index contributed by atoms with van der Waals surface area (Å²) in [7, 11) is 0. The van der Waals surface area contributed by atoms with E-state index < -0.39 is 0 Å². The van der Waals surface area contributed by atoms with E-state index in [2.05, 4.69) is 35.4 Å². The molecule has 0 bridgehead atoms. The molecule has 1 N–H and O–H groups in total. The lowest BCUT2D eigenvalue weighted by molar-refractivity contribution is -0.137. The third kappa shape index (κ3) is 3.90. The Kier molecular flexibility index (Phi) is 5.20. The van der Waals surface area contributed by atoms with Gasteiger partial charge in [-0.2, -0.15) is 4.98 Å². The zero-order valence-electron chi connectivity index (χ0n) is 19.6. The van der Waals surface area contributed by atoms with Crippen LogP contribution >= 0.6 is 0 Å². The van der Waals surface area contributed by atoms with Gasteiger partial charge in [0.05, 0.1) is 12.5 Å². The molecule has 2 aliphatic heterocycles. The number of benzene rings is 2. The third-order valence-corrected chi connectivity index (χ3v) is 7.32. The van der Waals surface area contributed by atoms with E-state index in [4.69, 9.17) is 14.0 Å². The summed E-state index contributed by atoms with van der Waals surface area (Å²) < 4.78 is 16.4. The van der Waals surface area contributed by atoms with Gasteiger partial charge in [-0.25, -0.2) is 4.79 Å². The Morgan fingerprint density at radius 1 is 1.03 bits per heavy atom. The monoisotopic (exact) mass is 474 g/mol. The molecule has 0 radical (unpaired) electrons. The van der Waals surface area contributed by atoms with Crippen molar-refractivity contribution in [2.45, 2.75) is 51.6 Å². The van der Waals surface area contributed by atoms with E-state index in [1.807, 2.05) is 24.3 Å². The van der Waals surface area contributed by atoms with Gasteiger partial charge in [0.2, 0.25) is 24.4 Å². The summed E-state index contributed by atoms with van der Waals surface area (Å²) in [6, 6.07) is 10.9. The number of aromatic nitrogens is 2. The van der Waals surface area contributed by atoms with Gasteiger partial charge < -0.3 is 19.3 Å². The van der Waals surface area contributed by atoms with Crippen molar-refractivity contribution < 1.29 is 23.6 Å². The molecule has 2 aromatic carbocycles. The fraction of sp³-hybridized carbons (Fsp3) is 0.385. The summed E-state index contributed by atoms with van der Waals surface area (Å²) in [5, 5.41) is 7.23. The van der Waals surface area contributed by atoms with Crippen LogP contribution in [0.25, 0.3) is 11.4 Å². The Balaban J connectivity index is 1.14. The topological polar surface area (TPSA) is 107 Å². The maximum absolute atomic E-state index is 13.3. The summed E-state index contributed by atoms with van der Waals surface area (Å²) in [6.45, 7) is 4.49. The van der Waals surface area contributed by atoms with Crippen LogP contribution in [0.15, 0.2) is 40.9 Å². The SMILES string of the molecule is Cc1ccc(-c2noc(C3CCC4C(=O)N(Cc5ccc6c(c5)OCO6)C(=O)NC4C3)n2)cc1C. The first-order chi connectivity index (χ1) is 17.0. The molecule has 6 rings (SSSR count). The largest absolute Gasteiger partial charge is 0.454 e. The molecule has 2 fully saturated rings. The number of carbonyl (C=O) groups is 2. The van der Waals surface area contributed by atoms with E-state index in [1.54, 1.807) is 6.07 Å². The lowest BCUT2D eigenvalue weighted by Crippen LogP contribution is -2.60. The molecule has 35 heavy (non-hydrogen) atoms. The molecule has 3 aliphatic rings. The molecule has 1 aromatic heterocycles. The molecule has 3 amide bonds. The predicted octanol–water partition coefficient (Wildman–Crippen LogP) is 4.09. The summed E-state index contributed by atoms with van der Waals surface area (Å²) in [5.74, 6) is 2.01. The number of urea groups is 1. The van der Waals surface area contributed by atoms with Crippen molar-refractivity contribution in [2.75, 3.05) is 6.79 Å². The smallest absolute Gasteiger partial charge is 0.324 e. The number of hydrogen-bond donors (Lipinski definition) is 1. The Labute approximate surface area is 202 Å². The maximum Gasteiger partial charge on any atom is 0.324 e. The van der Waals surface area contributed by atoms with Gasteiger partial charge in [-0.05, 0) is 68.0 Å². The van der Waals surface area contributed by atoms with E-state index >= 15 is 0 Å². The molecule has 3 aromatic rings. The molecular formula is C26H26N4O5. The van der Waals surface area contributed by atoms with Crippen molar-refractivity contribution in [3.8, 4) is 22.9 Å². The average molecular weight is 475 g/mol. The number of aryl methyl sites for hydroxylation is 2. The van der Waals surface area contributed by atoms with Crippen LogP contribution in [-0.2, 0) is 11.3 Å². The first-order valence-electron chi connectivity index (χ1n) is 11.9. The van der Waals surface area contributed by atoms with Crippen molar-refractivity contribution >= 4 is 11.9 Å². The molecule has 1 aliphatic carbocycles. The van der Waals surface area contributed by atoms with E-state index in [0.717, 1.165) is 17.5 Å². The standard InChI is InChI=1S/C26H26N4O5/c1-14-3-5-17(9-15(14)2)23-28-24(35-29-23)18-6-7-19-20(11-18)27-26(32)30(25(19)31)12-16-4-8-21-22(10-16)34-13-33-21/h3-5,8-10,18-20H,6-7,11-13H2,1-2H3,(H,27,32). The van der Waals surface area contributed by atoms with Crippen LogP contribution in [0.5, 0.6) is 11.5 Å². The van der Waals surface area contributed by atoms with Crippen molar-refractivity contribution in [3.05, 3.63) is 59.0 Å². The number of carbonyl (C=O) groups excluding carboxylic acids is 2. The normalized spacial score (nSPS) is 23.3. The number of imide groups is 1. The number of nitrogens with one attached hydrogen (secondary N) is 1. The van der Waals surface area contributed by atoms with Crippen molar-refractivity contribution in [1.29, 1.82) is 0 Å². The zero-order valence-corrected chi connectivity index (χ0v) is 19.6. The van der Waals surface area contributed by atoms with Crippen LogP contribution in [-0.4, -0.2) is 39.8 Å². The Morgan fingerprint density at radius 2 is 1.89 bits per heavy atom. The highest BCUT2D eigenvalue weighted by molar-refractivity contribution is 5.98. The van der Waals surface area contributed by atoms with E-state index in [0.29, 0.717) is 36.1 Å². The summed E-state index contributed by atoms with van der Waals surface area (Å²) >= 11 is 0. The highest BCUT2D eigenvalue weighted by Gasteiger charge is 2.45. The minimum atomic E-state index is -0.379. The van der Waals surface area contributed by atoms with Gasteiger partial charge in [-0.3, -0.25) is 9.69 Å². The minimum Gasteiger partial charge on any atom is -0.454 e. The number of ether oxygens (including phenoxy) is 2. The fourth-order valence-corrected chi connectivity index (χ4v) is 5.16. The van der Waals surface area contributed by atoms with Gasteiger partial charge in [-0.1, -0.05) is 23.4 Å². The van der Waals surface area contributed by atoms with Crippen LogP contribution in [0.4, 0.5) is 4.79 Å². The van der Waals surface area contributed by atoms with E-state index in [1.165, 1.54) is 16.0 Å². The predicted molar refractivity (Wildman–Crippen MR) is 125 cm³/mol. The summed E-state index contributed by atoms with van der Waals surface area (Å²) in [5.41, 5.74) is 4.11. The fourth-order valence-electron chi connectivity index (χ4n) is 5.16. The molecule has 9 nitrogen and oxygen atoms in total. The van der Waals surface area contributed by atoms with Gasteiger partial charge in [0.1, 0.15) is 0 Å². The molecule has 9 heteroatoms. The van der Waals surface area contributed by atoms with Gasteiger partial charge in [0, 0.05) is 17.5 Å². The second kappa shape index (κ2) is 8.41. The van der Waals surface area contributed by atoms with Gasteiger partial charge in [0.25, 0.3) is 0 Å². The maximum atomic E-state index is 13.3. The van der Waals surface area contributed by atoms with E-state index in [9.17, 15) is 9.59 Å². The Morgan fingerprint density at radius 3 is 2.74 bits per heavy atom. The second-order valence-corrected chi connectivity index (χ2v) is 9.54. The van der Waals surface area contributed by atoms with Crippen LogP contribution in [0.1, 0.15) is 47.8 Å². The molecule has 3 heterocycles. The number of rotatable bonds is 4. The number of fused-ring (bicyclic) bond motifs is 2. The van der Waals surface area contributed by atoms with Gasteiger partial charge in [-0.15, -0.1) is 0 Å². The molecule has 1 saturated heterocycles. The van der Waals surface area contributed by atoms with Crippen molar-refractivity contribution in [1.82, 2.24) is 20.4 Å². The molecule has 180 valence electrons. The van der Waals surface area contributed by atoms with E-state index in [-0.39, 0.29) is 43.2 Å². The minimum absolute atomic E-state index is 0.00226. The number of hydrogen-bond acceptors (Lipinski definition) is 7. The Hall–Kier alpha value is -3.88. The van der Waals surface area contributed by atoms with Gasteiger partial charge in [0.15, 0.2) is 11.5 Å². The molecular weight excluding hydrogens is 448 g/mol. The van der Waals surface area contributed by atoms with Crippen LogP contribution in [0.3, 0.4) is 0 Å². The lowest BCUT2D eigenvalue weighted by Gasteiger charge is -2.41. The number of nitrogens with zero attached hydrogens (tertiary/aromatic N) is 3. The molecule has 3 atom stereocenters. The quantitative estimate of drug-likeness (QED) is 0.607. The highest BCUT2D eigenvalue weighted by atomic mass is 16.7. The summed E-state index contributed by atoms with van der Waals surface area (Å²) in [6.07, 6.45) is 1.98. The van der Waals surface area contributed by atoms with Crippen LogP contribution < -0.4 is 14.8 Å². The molecule has 3 unspecified atom stereocenters. The second-order valence-electron chi connectivity index (χ2n) is 9.54. The average Bonchev–Trinajstić information content (AvgIpc) is 3.53. The first-order valence-corrected chi connectivity index (χ1v) is 11.9. The van der Waals surface area contributed by atoms with Crippen LogP contribution in [0.2, 0.25) is 0 Å². The summed E-state index contributed by atoms with van der Waals surface area (Å²) in [4.78, 5) is 32.1. The lowest BCUT2D eigenvalue weighted by atomic mass is 9.76. The first kappa shape index (κ1) is 21.6. The van der Waals surface area contributed by atoms with Crippen molar-refractivity contribution in [2.24, 2.45) is 5.92 Å². The van der Waals surface area contributed by atoms with Crippen LogP contribution in [0, 0.1) is 19.8 Å². The number of amides is 3. The third-order valence-electron chi connectivity index (χ3n) is 7.32. The zero-order chi connectivity index (χ0) is 24.1.